The molecule has 4 rings (SSSR count). The smallest absolute Gasteiger partial charge is 0.180 e. The zero-order chi connectivity index (χ0) is 19.3. The maximum Gasteiger partial charge on any atom is 0.180 e. The number of ether oxygens (including phenoxy) is 2. The molecule has 144 valence electrons. The quantitative estimate of drug-likeness (QED) is 0.566. The van der Waals surface area contributed by atoms with Gasteiger partial charge >= 0.3 is 0 Å². The Morgan fingerprint density at radius 2 is 1.96 bits per heavy atom. The van der Waals surface area contributed by atoms with Gasteiger partial charge in [0.1, 0.15) is 17.2 Å². The first kappa shape index (κ1) is 18.3. The monoisotopic (exact) mass is 378 g/mol. The minimum absolute atomic E-state index is 0.235. The van der Waals surface area contributed by atoms with Crippen LogP contribution >= 0.6 is 0 Å². The van der Waals surface area contributed by atoms with Crippen molar-refractivity contribution in [2.24, 2.45) is 0 Å². The highest BCUT2D eigenvalue weighted by atomic mass is 16.5. The summed E-state index contributed by atoms with van der Waals surface area (Å²) >= 11 is 0. The second-order valence-electron chi connectivity index (χ2n) is 6.67. The number of rotatable bonds is 6. The van der Waals surface area contributed by atoms with Gasteiger partial charge in [-0.05, 0) is 36.2 Å². The lowest BCUT2D eigenvalue weighted by molar-refractivity contribution is -0.0419. The Bertz CT molecular complexity index is 931. The summed E-state index contributed by atoms with van der Waals surface area (Å²) in [4.78, 5) is 4.06. The normalized spacial score (nSPS) is 15.6. The van der Waals surface area contributed by atoms with Crippen LogP contribution in [0.1, 0.15) is 29.8 Å². The van der Waals surface area contributed by atoms with Crippen molar-refractivity contribution in [2.75, 3.05) is 18.5 Å². The lowest BCUT2D eigenvalue weighted by Crippen LogP contribution is -2.21. The van der Waals surface area contributed by atoms with Gasteiger partial charge in [0.05, 0.1) is 18.5 Å². The highest BCUT2D eigenvalue weighted by Crippen LogP contribution is 2.37. The second-order valence-corrected chi connectivity index (χ2v) is 6.67. The van der Waals surface area contributed by atoms with E-state index < -0.39 is 6.29 Å². The third-order valence-corrected chi connectivity index (χ3v) is 4.80. The van der Waals surface area contributed by atoms with Gasteiger partial charge in [-0.1, -0.05) is 24.3 Å². The summed E-state index contributed by atoms with van der Waals surface area (Å²) in [6.45, 7) is 1.26. The number of para-hydroxylation sites is 1. The molecular formula is C22H22N2O4. The number of pyridine rings is 1. The zero-order valence-electron chi connectivity index (χ0n) is 15.3. The highest BCUT2D eigenvalue weighted by molar-refractivity contribution is 5.51. The van der Waals surface area contributed by atoms with Crippen LogP contribution < -0.4 is 14.8 Å². The molecule has 1 aliphatic heterocycles. The fourth-order valence-corrected chi connectivity index (χ4v) is 3.35. The predicted octanol–water partition coefficient (Wildman–Crippen LogP) is 3.84. The number of benzene rings is 2. The van der Waals surface area contributed by atoms with E-state index in [0.717, 1.165) is 29.2 Å². The Kier molecular flexibility index (Phi) is 5.41. The van der Waals surface area contributed by atoms with Crippen molar-refractivity contribution in [3.63, 3.8) is 0 Å². The number of nitrogens with one attached hydrogen (secondary N) is 1. The predicted molar refractivity (Wildman–Crippen MR) is 106 cm³/mol. The molecule has 0 aliphatic carbocycles. The molecule has 1 aliphatic rings. The minimum Gasteiger partial charge on any atom is -0.493 e. The maximum absolute atomic E-state index is 9.50. The second kappa shape index (κ2) is 8.29. The molecule has 3 N–H and O–H groups in total. The van der Waals surface area contributed by atoms with Gasteiger partial charge in [-0.25, -0.2) is 0 Å². The van der Waals surface area contributed by atoms with E-state index in [4.69, 9.17) is 9.47 Å². The summed E-state index contributed by atoms with van der Waals surface area (Å²) in [5.41, 5.74) is 2.14. The van der Waals surface area contributed by atoms with E-state index >= 15 is 0 Å². The molecule has 0 unspecified atom stereocenters. The van der Waals surface area contributed by atoms with E-state index in [0.29, 0.717) is 24.4 Å². The average Bonchev–Trinajstić information content (AvgIpc) is 2.73. The fraction of sp³-hybridized carbons (Fsp3) is 0.227. The zero-order valence-corrected chi connectivity index (χ0v) is 15.3. The standard InChI is InChI=1S/C22H22N2O4/c25-22(26)19-8-10-23-14-20(19)24-13-15-9-11-27-21-12-17(6-7-18(15)21)28-16-4-2-1-3-5-16/h1-8,10,12,14-15,22,24-26H,9,11,13H2/t15-/m0/s1. The third-order valence-electron chi connectivity index (χ3n) is 4.80. The summed E-state index contributed by atoms with van der Waals surface area (Å²) in [7, 11) is 0. The number of anilines is 1. The number of nitrogens with zero attached hydrogens (tertiary/aromatic N) is 1. The number of aliphatic hydroxyl groups is 2. The molecule has 28 heavy (non-hydrogen) atoms. The van der Waals surface area contributed by atoms with E-state index in [-0.39, 0.29) is 5.92 Å². The fourth-order valence-electron chi connectivity index (χ4n) is 3.35. The summed E-state index contributed by atoms with van der Waals surface area (Å²) < 4.78 is 11.7. The van der Waals surface area contributed by atoms with Crippen LogP contribution in [0.4, 0.5) is 5.69 Å². The molecule has 6 heteroatoms. The van der Waals surface area contributed by atoms with Crippen LogP contribution in [0, 0.1) is 0 Å². The number of aromatic nitrogens is 1. The Labute approximate surface area is 163 Å². The molecule has 0 bridgehead atoms. The van der Waals surface area contributed by atoms with Crippen LogP contribution in [0.3, 0.4) is 0 Å². The van der Waals surface area contributed by atoms with E-state index in [1.807, 2.05) is 48.5 Å². The SMILES string of the molecule is OC(O)c1ccncc1NC[C@@H]1CCOc2cc(Oc3ccccc3)ccc21. The van der Waals surface area contributed by atoms with Crippen LogP contribution in [0.25, 0.3) is 0 Å². The van der Waals surface area contributed by atoms with Crippen molar-refractivity contribution in [1.82, 2.24) is 4.98 Å². The average molecular weight is 378 g/mol. The van der Waals surface area contributed by atoms with Crippen LogP contribution in [-0.4, -0.2) is 28.3 Å². The lowest BCUT2D eigenvalue weighted by atomic mass is 9.93. The summed E-state index contributed by atoms with van der Waals surface area (Å²) in [5, 5.41) is 22.3. The number of fused-ring (bicyclic) bond motifs is 1. The van der Waals surface area contributed by atoms with Crippen LogP contribution in [-0.2, 0) is 0 Å². The van der Waals surface area contributed by atoms with Crippen molar-refractivity contribution < 1.29 is 19.7 Å². The van der Waals surface area contributed by atoms with Gasteiger partial charge < -0.3 is 25.0 Å². The Morgan fingerprint density at radius 3 is 2.79 bits per heavy atom. The molecule has 0 radical (unpaired) electrons. The largest absolute Gasteiger partial charge is 0.493 e. The summed E-state index contributed by atoms with van der Waals surface area (Å²) in [5.74, 6) is 2.57. The molecule has 3 aromatic rings. The van der Waals surface area contributed by atoms with Crippen molar-refractivity contribution in [3.05, 3.63) is 78.1 Å². The molecule has 0 fully saturated rings. The molecule has 0 amide bonds. The third kappa shape index (κ3) is 4.08. The van der Waals surface area contributed by atoms with Gasteiger partial charge in [0.15, 0.2) is 6.29 Å². The van der Waals surface area contributed by atoms with E-state index in [9.17, 15) is 10.2 Å². The topological polar surface area (TPSA) is 83.8 Å². The van der Waals surface area contributed by atoms with Gasteiger partial charge in [-0.3, -0.25) is 4.98 Å². The van der Waals surface area contributed by atoms with Crippen molar-refractivity contribution in [1.29, 1.82) is 0 Å². The van der Waals surface area contributed by atoms with Gasteiger partial charge in [-0.2, -0.15) is 0 Å². The molecule has 6 nitrogen and oxygen atoms in total. The van der Waals surface area contributed by atoms with Crippen LogP contribution in [0.2, 0.25) is 0 Å². The number of hydrogen-bond donors (Lipinski definition) is 3. The molecule has 1 aromatic heterocycles. The van der Waals surface area contributed by atoms with Crippen molar-refractivity contribution in [2.45, 2.75) is 18.6 Å². The first-order valence-electron chi connectivity index (χ1n) is 9.24. The Balaban J connectivity index is 1.48. The maximum atomic E-state index is 9.50. The van der Waals surface area contributed by atoms with Gasteiger partial charge in [0, 0.05) is 30.3 Å². The van der Waals surface area contributed by atoms with Crippen LogP contribution in [0.5, 0.6) is 17.2 Å². The first-order valence-corrected chi connectivity index (χ1v) is 9.24. The van der Waals surface area contributed by atoms with Gasteiger partial charge in [0.25, 0.3) is 0 Å². The van der Waals surface area contributed by atoms with Gasteiger partial charge in [0.2, 0.25) is 0 Å². The van der Waals surface area contributed by atoms with Gasteiger partial charge in [-0.15, -0.1) is 0 Å². The summed E-state index contributed by atoms with van der Waals surface area (Å²) in [6, 6.07) is 17.1. The molecule has 0 saturated heterocycles. The highest BCUT2D eigenvalue weighted by Gasteiger charge is 2.22. The molecule has 0 spiro atoms. The first-order chi connectivity index (χ1) is 13.7. The van der Waals surface area contributed by atoms with Crippen molar-refractivity contribution in [3.8, 4) is 17.2 Å². The molecule has 0 saturated carbocycles. The molecule has 2 heterocycles. The Hall–Kier alpha value is -3.09. The molecular weight excluding hydrogens is 356 g/mol. The van der Waals surface area contributed by atoms with E-state index in [1.165, 1.54) is 6.20 Å². The van der Waals surface area contributed by atoms with Crippen LogP contribution in [0.15, 0.2) is 67.0 Å². The Morgan fingerprint density at radius 1 is 1.11 bits per heavy atom. The molecule has 2 aromatic carbocycles. The number of hydrogen-bond acceptors (Lipinski definition) is 6. The van der Waals surface area contributed by atoms with E-state index in [1.54, 1.807) is 12.3 Å². The van der Waals surface area contributed by atoms with E-state index in [2.05, 4.69) is 10.3 Å². The molecule has 1 atom stereocenters. The van der Waals surface area contributed by atoms with Crippen molar-refractivity contribution >= 4 is 5.69 Å². The minimum atomic E-state index is -1.54. The number of aliphatic hydroxyl groups excluding tert-OH is 1. The lowest BCUT2D eigenvalue weighted by Gasteiger charge is -2.27. The summed E-state index contributed by atoms with van der Waals surface area (Å²) in [6.07, 6.45) is 2.48.